The van der Waals surface area contributed by atoms with E-state index in [9.17, 15) is 13.2 Å². The van der Waals surface area contributed by atoms with E-state index in [4.69, 9.17) is 4.42 Å². The molecule has 7 nitrogen and oxygen atoms in total. The van der Waals surface area contributed by atoms with Crippen molar-refractivity contribution in [3.63, 3.8) is 0 Å². The molecule has 21 heavy (non-hydrogen) atoms. The monoisotopic (exact) mass is 317 g/mol. The van der Waals surface area contributed by atoms with E-state index in [-0.39, 0.29) is 11.0 Å². The van der Waals surface area contributed by atoms with E-state index < -0.39 is 10.0 Å². The Bertz CT molecular complexity index is 550. The molecule has 0 bridgehead atoms. The summed E-state index contributed by atoms with van der Waals surface area (Å²) in [6.07, 6.45) is 0.407. The molecule has 0 aliphatic rings. The maximum Gasteiger partial charge on any atom is 0.273 e. The summed E-state index contributed by atoms with van der Waals surface area (Å²) in [6.45, 7) is 6.20. The maximum absolute atomic E-state index is 11.8. The third kappa shape index (κ3) is 5.14. The molecule has 0 aromatic carbocycles. The quantitative estimate of drug-likeness (QED) is 0.649. The third-order valence-electron chi connectivity index (χ3n) is 3.10. The summed E-state index contributed by atoms with van der Waals surface area (Å²) in [5, 5.41) is 2.95. The first-order valence-corrected chi connectivity index (χ1v) is 8.43. The number of furan rings is 1. The van der Waals surface area contributed by atoms with Gasteiger partial charge < -0.3 is 14.6 Å². The largest absolute Gasteiger partial charge is 0.447 e. The van der Waals surface area contributed by atoms with Gasteiger partial charge in [0.25, 0.3) is 10.0 Å². The first kappa shape index (κ1) is 17.7. The van der Waals surface area contributed by atoms with E-state index in [1.165, 1.54) is 13.1 Å². The van der Waals surface area contributed by atoms with Crippen LogP contribution in [-0.2, 0) is 21.4 Å². The highest BCUT2D eigenvalue weighted by molar-refractivity contribution is 7.89. The SMILES string of the molecule is CCN(CC)C(=O)CCNCc1ccc(S(=O)(=O)NC)o1. The number of nitrogens with zero attached hydrogens (tertiary/aromatic N) is 1. The fourth-order valence-electron chi connectivity index (χ4n) is 1.84. The van der Waals surface area contributed by atoms with Crippen LogP contribution in [0.25, 0.3) is 0 Å². The molecular formula is C13H23N3O4S. The first-order valence-electron chi connectivity index (χ1n) is 6.95. The molecule has 0 atom stereocenters. The van der Waals surface area contributed by atoms with Crippen LogP contribution in [0, 0.1) is 0 Å². The van der Waals surface area contributed by atoms with E-state index in [0.29, 0.717) is 38.4 Å². The number of hydrogen-bond donors (Lipinski definition) is 2. The molecule has 0 aliphatic heterocycles. The molecule has 2 N–H and O–H groups in total. The van der Waals surface area contributed by atoms with Crippen molar-refractivity contribution >= 4 is 15.9 Å². The summed E-state index contributed by atoms with van der Waals surface area (Å²) >= 11 is 0. The van der Waals surface area contributed by atoms with Crippen LogP contribution in [0.3, 0.4) is 0 Å². The molecule has 1 heterocycles. The second-order valence-electron chi connectivity index (χ2n) is 4.42. The molecule has 1 aromatic heterocycles. The van der Waals surface area contributed by atoms with Crippen LogP contribution in [0.2, 0.25) is 0 Å². The Hall–Kier alpha value is -1.38. The van der Waals surface area contributed by atoms with Crippen molar-refractivity contribution in [1.29, 1.82) is 0 Å². The van der Waals surface area contributed by atoms with Gasteiger partial charge in [0.2, 0.25) is 11.0 Å². The second-order valence-corrected chi connectivity index (χ2v) is 6.24. The summed E-state index contributed by atoms with van der Waals surface area (Å²) in [5.41, 5.74) is 0. The molecule has 0 radical (unpaired) electrons. The number of sulfonamides is 1. The number of carbonyl (C=O) groups excluding carboxylic acids is 1. The van der Waals surface area contributed by atoms with Gasteiger partial charge in [0, 0.05) is 26.1 Å². The van der Waals surface area contributed by atoms with Crippen LogP contribution in [0.5, 0.6) is 0 Å². The van der Waals surface area contributed by atoms with Gasteiger partial charge in [0.15, 0.2) is 0 Å². The smallest absolute Gasteiger partial charge is 0.273 e. The van der Waals surface area contributed by atoms with Gasteiger partial charge in [-0.05, 0) is 33.0 Å². The van der Waals surface area contributed by atoms with Crippen molar-refractivity contribution in [3.05, 3.63) is 17.9 Å². The molecule has 0 saturated heterocycles. The van der Waals surface area contributed by atoms with Crippen molar-refractivity contribution in [2.75, 3.05) is 26.7 Å². The standard InChI is InChI=1S/C13H23N3O4S/c1-4-16(5-2)12(17)8-9-15-10-11-6-7-13(20-11)21(18,19)14-3/h6-7,14-15H,4-5,8-10H2,1-3H3. The molecule has 0 saturated carbocycles. The lowest BCUT2D eigenvalue weighted by Gasteiger charge is -2.18. The van der Waals surface area contributed by atoms with Crippen LogP contribution in [0.4, 0.5) is 0 Å². The van der Waals surface area contributed by atoms with Gasteiger partial charge in [-0.2, -0.15) is 0 Å². The average Bonchev–Trinajstić information content (AvgIpc) is 2.94. The molecule has 1 amide bonds. The van der Waals surface area contributed by atoms with Crippen LogP contribution < -0.4 is 10.0 Å². The zero-order chi connectivity index (χ0) is 15.9. The Labute approximate surface area is 125 Å². The third-order valence-corrected chi connectivity index (χ3v) is 4.39. The minimum absolute atomic E-state index is 0.102. The predicted octanol–water partition coefficient (Wildman–Crippen LogP) is 0.536. The number of amides is 1. The molecule has 0 fully saturated rings. The molecule has 8 heteroatoms. The van der Waals surface area contributed by atoms with Crippen LogP contribution >= 0.6 is 0 Å². The van der Waals surface area contributed by atoms with Crippen molar-refractivity contribution in [2.45, 2.75) is 31.9 Å². The number of hydrogen-bond acceptors (Lipinski definition) is 5. The highest BCUT2D eigenvalue weighted by Crippen LogP contribution is 2.13. The van der Waals surface area contributed by atoms with Crippen molar-refractivity contribution in [1.82, 2.24) is 14.9 Å². The maximum atomic E-state index is 11.8. The molecule has 120 valence electrons. The van der Waals surface area contributed by atoms with Gasteiger partial charge in [0.1, 0.15) is 5.76 Å². The fraction of sp³-hybridized carbons (Fsp3) is 0.615. The van der Waals surface area contributed by atoms with Gasteiger partial charge >= 0.3 is 0 Å². The van der Waals surface area contributed by atoms with Gasteiger partial charge in [-0.3, -0.25) is 4.79 Å². The van der Waals surface area contributed by atoms with Crippen molar-refractivity contribution < 1.29 is 17.6 Å². The summed E-state index contributed by atoms with van der Waals surface area (Å²) in [6, 6.07) is 3.01. The highest BCUT2D eigenvalue weighted by Gasteiger charge is 2.16. The van der Waals surface area contributed by atoms with Crippen LogP contribution in [-0.4, -0.2) is 45.9 Å². The zero-order valence-electron chi connectivity index (χ0n) is 12.7. The Morgan fingerprint density at radius 1 is 1.29 bits per heavy atom. The minimum atomic E-state index is -3.54. The van der Waals surface area contributed by atoms with E-state index in [2.05, 4.69) is 10.0 Å². The topological polar surface area (TPSA) is 91.7 Å². The van der Waals surface area contributed by atoms with Gasteiger partial charge in [-0.15, -0.1) is 0 Å². The summed E-state index contributed by atoms with van der Waals surface area (Å²) in [5.74, 6) is 0.615. The van der Waals surface area contributed by atoms with Gasteiger partial charge in [-0.1, -0.05) is 0 Å². The lowest BCUT2D eigenvalue weighted by Crippen LogP contribution is -2.32. The summed E-state index contributed by atoms with van der Waals surface area (Å²) in [4.78, 5) is 13.5. The van der Waals surface area contributed by atoms with Crippen LogP contribution in [0.1, 0.15) is 26.0 Å². The van der Waals surface area contributed by atoms with Gasteiger partial charge in [0.05, 0.1) is 6.54 Å². The summed E-state index contributed by atoms with van der Waals surface area (Å²) < 4.78 is 30.4. The number of rotatable bonds is 9. The van der Waals surface area contributed by atoms with Crippen LogP contribution in [0.15, 0.2) is 21.6 Å². The predicted molar refractivity (Wildman–Crippen MR) is 79.2 cm³/mol. The van der Waals surface area contributed by atoms with E-state index in [0.717, 1.165) is 0 Å². The lowest BCUT2D eigenvalue weighted by atomic mass is 10.3. The normalized spacial score (nSPS) is 11.6. The Morgan fingerprint density at radius 2 is 1.95 bits per heavy atom. The molecule has 0 unspecified atom stereocenters. The summed E-state index contributed by atoms with van der Waals surface area (Å²) in [7, 11) is -2.22. The first-order chi connectivity index (χ1) is 9.94. The molecular weight excluding hydrogens is 294 g/mol. The zero-order valence-corrected chi connectivity index (χ0v) is 13.5. The molecule has 1 aromatic rings. The molecule has 1 rings (SSSR count). The Balaban J connectivity index is 2.39. The van der Waals surface area contributed by atoms with Gasteiger partial charge in [-0.25, -0.2) is 13.1 Å². The van der Waals surface area contributed by atoms with E-state index >= 15 is 0 Å². The minimum Gasteiger partial charge on any atom is -0.447 e. The van der Waals surface area contributed by atoms with Crippen molar-refractivity contribution in [2.24, 2.45) is 0 Å². The van der Waals surface area contributed by atoms with E-state index in [1.54, 1.807) is 11.0 Å². The molecule has 0 aliphatic carbocycles. The number of carbonyl (C=O) groups is 1. The Kier molecular flexibility index (Phi) is 6.86. The second kappa shape index (κ2) is 8.16. The lowest BCUT2D eigenvalue weighted by molar-refractivity contribution is -0.130. The average molecular weight is 317 g/mol. The fourth-order valence-corrected chi connectivity index (χ4v) is 2.50. The number of nitrogens with one attached hydrogen (secondary N) is 2. The Morgan fingerprint density at radius 3 is 2.52 bits per heavy atom. The highest BCUT2D eigenvalue weighted by atomic mass is 32.2. The van der Waals surface area contributed by atoms with E-state index in [1.807, 2.05) is 13.8 Å². The molecule has 0 spiro atoms. The van der Waals surface area contributed by atoms with Crippen molar-refractivity contribution in [3.8, 4) is 0 Å².